The molecule has 2 aromatic carbocycles. The number of aromatic nitrogens is 2. The van der Waals surface area contributed by atoms with Gasteiger partial charge in [-0.2, -0.15) is 0 Å². The Kier molecular flexibility index (Phi) is 3.40. The maximum Gasteiger partial charge on any atom is 0.251 e. The maximum atomic E-state index is 11.9. The molecule has 0 aliphatic heterocycles. The molecule has 0 radical (unpaired) electrons. The summed E-state index contributed by atoms with van der Waals surface area (Å²) in [4.78, 5) is 19.3. The molecule has 0 amide bonds. The Morgan fingerprint density at radius 2 is 1.62 bits per heavy atom. The van der Waals surface area contributed by atoms with Crippen molar-refractivity contribution in [3.8, 4) is 22.6 Å². The predicted molar refractivity (Wildman–Crippen MR) is 85.2 cm³/mol. The Hall–Kier alpha value is -2.68. The predicted octanol–water partition coefficient (Wildman–Crippen LogP) is 3.72. The summed E-state index contributed by atoms with van der Waals surface area (Å²) in [5, 5.41) is 0. The van der Waals surface area contributed by atoms with Crippen molar-refractivity contribution in [1.82, 2.24) is 9.97 Å². The van der Waals surface area contributed by atoms with Gasteiger partial charge in [-0.25, -0.2) is 4.98 Å². The number of H-pyrrole nitrogens is 1. The topological polar surface area (TPSA) is 45.8 Å². The molecule has 0 aliphatic rings. The molecule has 0 aliphatic carbocycles. The fraction of sp³-hybridized carbons (Fsp3) is 0.111. The number of benzene rings is 2. The molecule has 1 heterocycles. The van der Waals surface area contributed by atoms with Crippen LogP contribution < -0.4 is 5.56 Å². The Bertz CT molecular complexity index is 835. The molecule has 21 heavy (non-hydrogen) atoms. The smallest absolute Gasteiger partial charge is 0.251 e. The molecule has 3 nitrogen and oxygen atoms in total. The van der Waals surface area contributed by atoms with Gasteiger partial charge in [0.25, 0.3) is 5.56 Å². The fourth-order valence-electron chi connectivity index (χ4n) is 2.24. The first-order valence-corrected chi connectivity index (χ1v) is 6.88. The van der Waals surface area contributed by atoms with Crippen LogP contribution in [-0.2, 0) is 0 Å². The minimum Gasteiger partial charge on any atom is -0.306 e. The monoisotopic (exact) mass is 276 g/mol. The summed E-state index contributed by atoms with van der Waals surface area (Å²) in [6, 6.07) is 17.3. The van der Waals surface area contributed by atoms with Gasteiger partial charge >= 0.3 is 0 Å². The zero-order valence-electron chi connectivity index (χ0n) is 12.1. The van der Waals surface area contributed by atoms with Crippen LogP contribution in [-0.4, -0.2) is 9.97 Å². The molecule has 0 atom stereocenters. The van der Waals surface area contributed by atoms with E-state index in [1.54, 1.807) is 0 Å². The first-order valence-electron chi connectivity index (χ1n) is 6.88. The van der Waals surface area contributed by atoms with E-state index in [0.29, 0.717) is 11.5 Å². The number of nitrogens with zero attached hydrogens (tertiary/aromatic N) is 1. The summed E-state index contributed by atoms with van der Waals surface area (Å²) >= 11 is 0. The molecular formula is C18H16N2O. The van der Waals surface area contributed by atoms with Crippen LogP contribution in [0.5, 0.6) is 0 Å². The Morgan fingerprint density at radius 3 is 2.33 bits per heavy atom. The SMILES string of the molecule is Cc1ccc(-c2cc(=O)[nH]c(-c3ccccc3)n2)cc1C. The molecule has 0 fully saturated rings. The second kappa shape index (κ2) is 5.37. The summed E-state index contributed by atoms with van der Waals surface area (Å²) in [5.74, 6) is 0.594. The number of aromatic amines is 1. The van der Waals surface area contributed by atoms with Crippen LogP contribution in [0.25, 0.3) is 22.6 Å². The average molecular weight is 276 g/mol. The van der Waals surface area contributed by atoms with Gasteiger partial charge in [-0.15, -0.1) is 0 Å². The van der Waals surface area contributed by atoms with E-state index in [0.717, 1.165) is 11.1 Å². The second-order valence-corrected chi connectivity index (χ2v) is 5.14. The number of hydrogen-bond acceptors (Lipinski definition) is 2. The third-order valence-corrected chi connectivity index (χ3v) is 3.59. The third-order valence-electron chi connectivity index (χ3n) is 3.59. The molecule has 3 aromatic rings. The minimum atomic E-state index is -0.142. The summed E-state index contributed by atoms with van der Waals surface area (Å²) in [6.45, 7) is 4.13. The van der Waals surface area contributed by atoms with E-state index in [9.17, 15) is 4.79 Å². The highest BCUT2D eigenvalue weighted by atomic mass is 16.1. The first kappa shape index (κ1) is 13.3. The van der Waals surface area contributed by atoms with Gasteiger partial charge in [0.05, 0.1) is 5.69 Å². The van der Waals surface area contributed by atoms with Crippen molar-refractivity contribution in [3.05, 3.63) is 76.1 Å². The van der Waals surface area contributed by atoms with Gasteiger partial charge in [0, 0.05) is 17.2 Å². The van der Waals surface area contributed by atoms with Crippen LogP contribution >= 0.6 is 0 Å². The molecule has 0 saturated heterocycles. The fourth-order valence-corrected chi connectivity index (χ4v) is 2.24. The molecule has 104 valence electrons. The van der Waals surface area contributed by atoms with Gasteiger partial charge in [-0.3, -0.25) is 4.79 Å². The quantitative estimate of drug-likeness (QED) is 0.775. The third kappa shape index (κ3) is 2.77. The summed E-state index contributed by atoms with van der Waals surface area (Å²) in [6.07, 6.45) is 0. The molecule has 1 aromatic heterocycles. The lowest BCUT2D eigenvalue weighted by Crippen LogP contribution is -2.08. The molecule has 0 bridgehead atoms. The highest BCUT2D eigenvalue weighted by molar-refractivity contribution is 5.64. The van der Waals surface area contributed by atoms with Crippen LogP contribution in [0.3, 0.4) is 0 Å². The van der Waals surface area contributed by atoms with E-state index < -0.39 is 0 Å². The zero-order chi connectivity index (χ0) is 14.8. The number of aryl methyl sites for hydroxylation is 2. The van der Waals surface area contributed by atoms with E-state index in [-0.39, 0.29) is 5.56 Å². The largest absolute Gasteiger partial charge is 0.306 e. The van der Waals surface area contributed by atoms with Crippen LogP contribution in [0, 0.1) is 13.8 Å². The molecular weight excluding hydrogens is 260 g/mol. The molecule has 1 N–H and O–H groups in total. The van der Waals surface area contributed by atoms with Crippen molar-refractivity contribution in [3.63, 3.8) is 0 Å². The Morgan fingerprint density at radius 1 is 0.857 bits per heavy atom. The van der Waals surface area contributed by atoms with Crippen LogP contribution in [0.1, 0.15) is 11.1 Å². The van der Waals surface area contributed by atoms with Crippen molar-refractivity contribution in [2.24, 2.45) is 0 Å². The van der Waals surface area contributed by atoms with Gasteiger partial charge < -0.3 is 4.98 Å². The van der Waals surface area contributed by atoms with Gasteiger partial charge in [0.15, 0.2) is 0 Å². The van der Waals surface area contributed by atoms with Gasteiger partial charge in [0.1, 0.15) is 5.82 Å². The number of nitrogens with one attached hydrogen (secondary N) is 1. The van der Waals surface area contributed by atoms with Crippen LogP contribution in [0.4, 0.5) is 0 Å². The van der Waals surface area contributed by atoms with Crippen molar-refractivity contribution in [1.29, 1.82) is 0 Å². The van der Waals surface area contributed by atoms with Gasteiger partial charge in [-0.1, -0.05) is 42.5 Å². The van der Waals surface area contributed by atoms with Crippen LogP contribution in [0.15, 0.2) is 59.4 Å². The van der Waals surface area contributed by atoms with E-state index in [1.165, 1.54) is 17.2 Å². The molecule has 3 rings (SSSR count). The summed E-state index contributed by atoms with van der Waals surface area (Å²) < 4.78 is 0. The molecule has 3 heteroatoms. The van der Waals surface area contributed by atoms with Crippen molar-refractivity contribution in [2.45, 2.75) is 13.8 Å². The highest BCUT2D eigenvalue weighted by Crippen LogP contribution is 2.21. The van der Waals surface area contributed by atoms with E-state index >= 15 is 0 Å². The zero-order valence-corrected chi connectivity index (χ0v) is 12.1. The van der Waals surface area contributed by atoms with E-state index in [4.69, 9.17) is 0 Å². The molecule has 0 unspecified atom stereocenters. The van der Waals surface area contributed by atoms with E-state index in [1.807, 2.05) is 36.4 Å². The second-order valence-electron chi connectivity index (χ2n) is 5.14. The maximum absolute atomic E-state index is 11.9. The van der Waals surface area contributed by atoms with E-state index in [2.05, 4.69) is 35.9 Å². The molecule has 0 spiro atoms. The highest BCUT2D eigenvalue weighted by Gasteiger charge is 2.06. The standard InChI is InChI=1S/C18H16N2O/c1-12-8-9-15(10-13(12)2)16-11-17(21)20-18(19-16)14-6-4-3-5-7-14/h3-11H,1-2H3,(H,19,20,21). The average Bonchev–Trinajstić information content (AvgIpc) is 2.50. The van der Waals surface area contributed by atoms with Crippen molar-refractivity contribution >= 4 is 0 Å². The lowest BCUT2D eigenvalue weighted by atomic mass is 10.0. The lowest BCUT2D eigenvalue weighted by molar-refractivity contribution is 1.13. The number of rotatable bonds is 2. The van der Waals surface area contributed by atoms with Gasteiger partial charge in [-0.05, 0) is 31.0 Å². The van der Waals surface area contributed by atoms with Crippen molar-refractivity contribution < 1.29 is 0 Å². The minimum absolute atomic E-state index is 0.142. The Labute approximate surface area is 123 Å². The molecule has 0 saturated carbocycles. The Balaban J connectivity index is 2.14. The van der Waals surface area contributed by atoms with Crippen LogP contribution in [0.2, 0.25) is 0 Å². The normalized spacial score (nSPS) is 10.6. The van der Waals surface area contributed by atoms with Gasteiger partial charge in [0.2, 0.25) is 0 Å². The summed E-state index contributed by atoms with van der Waals surface area (Å²) in [7, 11) is 0. The van der Waals surface area contributed by atoms with Crippen molar-refractivity contribution in [2.75, 3.05) is 0 Å². The number of hydrogen-bond donors (Lipinski definition) is 1. The lowest BCUT2D eigenvalue weighted by Gasteiger charge is -2.07. The first-order chi connectivity index (χ1) is 10.1. The summed E-state index contributed by atoms with van der Waals surface area (Å²) in [5.41, 5.74) is 4.84.